The van der Waals surface area contributed by atoms with E-state index in [9.17, 15) is 4.79 Å². The second-order valence-electron chi connectivity index (χ2n) is 3.14. The standard InChI is InChI=1S/C11H7Cl2NO2/c1-16-11(15)8-5-14-9-3-2-6(12)4-7(9)10(8)13/h2-5H,1H3. The van der Waals surface area contributed by atoms with Gasteiger partial charge >= 0.3 is 5.97 Å². The van der Waals surface area contributed by atoms with Gasteiger partial charge in [-0.15, -0.1) is 0 Å². The van der Waals surface area contributed by atoms with E-state index in [1.807, 2.05) is 0 Å². The molecule has 1 aromatic heterocycles. The molecule has 0 aliphatic carbocycles. The van der Waals surface area contributed by atoms with Crippen molar-refractivity contribution in [1.29, 1.82) is 0 Å². The van der Waals surface area contributed by atoms with Crippen molar-refractivity contribution in [3.63, 3.8) is 0 Å². The Kier molecular flexibility index (Phi) is 2.99. The zero-order chi connectivity index (χ0) is 11.7. The summed E-state index contributed by atoms with van der Waals surface area (Å²) < 4.78 is 4.60. The molecule has 0 unspecified atom stereocenters. The molecule has 2 rings (SSSR count). The minimum atomic E-state index is -0.514. The van der Waals surface area contributed by atoms with Gasteiger partial charge in [-0.05, 0) is 18.2 Å². The number of rotatable bonds is 1. The van der Waals surface area contributed by atoms with Gasteiger partial charge in [-0.2, -0.15) is 0 Å². The molecule has 1 heterocycles. The Hall–Kier alpha value is -1.32. The molecule has 0 saturated carbocycles. The van der Waals surface area contributed by atoms with E-state index in [0.29, 0.717) is 20.9 Å². The molecule has 0 fully saturated rings. The van der Waals surface area contributed by atoms with Crippen LogP contribution in [0.3, 0.4) is 0 Å². The molecule has 0 aliphatic rings. The highest BCUT2D eigenvalue weighted by Gasteiger charge is 2.14. The van der Waals surface area contributed by atoms with Gasteiger partial charge in [0.1, 0.15) is 0 Å². The molecule has 0 amide bonds. The summed E-state index contributed by atoms with van der Waals surface area (Å²) in [6, 6.07) is 5.12. The molecule has 16 heavy (non-hydrogen) atoms. The maximum Gasteiger partial charge on any atom is 0.340 e. The number of benzene rings is 1. The number of esters is 1. The molecule has 0 atom stereocenters. The Labute approximate surface area is 102 Å². The first-order valence-corrected chi connectivity index (χ1v) is 5.21. The minimum absolute atomic E-state index is 0.235. The molecule has 0 saturated heterocycles. The van der Waals surface area contributed by atoms with Gasteiger partial charge in [-0.25, -0.2) is 4.79 Å². The molecule has 0 N–H and O–H groups in total. The maximum atomic E-state index is 11.4. The van der Waals surface area contributed by atoms with E-state index in [1.54, 1.807) is 18.2 Å². The molecule has 0 spiro atoms. The summed E-state index contributed by atoms with van der Waals surface area (Å²) in [7, 11) is 1.29. The van der Waals surface area contributed by atoms with Crippen molar-refractivity contribution in [2.24, 2.45) is 0 Å². The van der Waals surface area contributed by atoms with Crippen LogP contribution in [-0.4, -0.2) is 18.1 Å². The topological polar surface area (TPSA) is 39.2 Å². The number of fused-ring (bicyclic) bond motifs is 1. The van der Waals surface area contributed by atoms with Gasteiger partial charge < -0.3 is 4.74 Å². The zero-order valence-corrected chi connectivity index (χ0v) is 9.84. The van der Waals surface area contributed by atoms with Gasteiger partial charge in [0.2, 0.25) is 0 Å². The number of hydrogen-bond donors (Lipinski definition) is 0. The predicted octanol–water partition coefficient (Wildman–Crippen LogP) is 3.33. The number of nitrogens with zero attached hydrogens (tertiary/aromatic N) is 1. The number of pyridine rings is 1. The van der Waals surface area contributed by atoms with E-state index >= 15 is 0 Å². The lowest BCUT2D eigenvalue weighted by Crippen LogP contribution is -2.03. The van der Waals surface area contributed by atoms with E-state index < -0.39 is 5.97 Å². The van der Waals surface area contributed by atoms with Gasteiger partial charge in [0, 0.05) is 16.6 Å². The number of hydrogen-bond acceptors (Lipinski definition) is 3. The molecule has 3 nitrogen and oxygen atoms in total. The van der Waals surface area contributed by atoms with Crippen molar-refractivity contribution in [3.05, 3.63) is 40.0 Å². The Morgan fingerprint density at radius 1 is 1.38 bits per heavy atom. The van der Waals surface area contributed by atoms with Crippen LogP contribution < -0.4 is 0 Å². The van der Waals surface area contributed by atoms with Crippen LogP contribution in [0.1, 0.15) is 10.4 Å². The fourth-order valence-electron chi connectivity index (χ4n) is 1.38. The van der Waals surface area contributed by atoms with Gasteiger partial charge in [-0.1, -0.05) is 23.2 Å². The lowest BCUT2D eigenvalue weighted by atomic mass is 10.1. The number of ether oxygens (including phenoxy) is 1. The average molecular weight is 256 g/mol. The maximum absolute atomic E-state index is 11.4. The van der Waals surface area contributed by atoms with Crippen LogP contribution >= 0.6 is 23.2 Å². The van der Waals surface area contributed by atoms with Crippen molar-refractivity contribution >= 4 is 40.1 Å². The summed E-state index contributed by atoms with van der Waals surface area (Å²) in [6.07, 6.45) is 1.39. The highest BCUT2D eigenvalue weighted by molar-refractivity contribution is 6.39. The van der Waals surface area contributed by atoms with Crippen molar-refractivity contribution < 1.29 is 9.53 Å². The first-order valence-electron chi connectivity index (χ1n) is 4.45. The second-order valence-corrected chi connectivity index (χ2v) is 3.95. The first-order chi connectivity index (χ1) is 7.63. The third-order valence-electron chi connectivity index (χ3n) is 2.17. The summed E-state index contributed by atoms with van der Waals surface area (Å²) in [6.45, 7) is 0. The molecule has 5 heteroatoms. The molecule has 0 aliphatic heterocycles. The average Bonchev–Trinajstić information content (AvgIpc) is 2.29. The lowest BCUT2D eigenvalue weighted by Gasteiger charge is -2.05. The fourth-order valence-corrected chi connectivity index (χ4v) is 1.83. The van der Waals surface area contributed by atoms with Crippen molar-refractivity contribution in [3.8, 4) is 0 Å². The van der Waals surface area contributed by atoms with E-state index in [2.05, 4.69) is 9.72 Å². The van der Waals surface area contributed by atoms with E-state index in [4.69, 9.17) is 23.2 Å². The van der Waals surface area contributed by atoms with Gasteiger partial charge in [0.15, 0.2) is 0 Å². The molecular weight excluding hydrogens is 249 g/mol. The molecule has 2 aromatic rings. The SMILES string of the molecule is COC(=O)c1cnc2ccc(Cl)cc2c1Cl. The molecular formula is C11H7Cl2NO2. The Balaban J connectivity index is 2.72. The number of carbonyl (C=O) groups is 1. The minimum Gasteiger partial charge on any atom is -0.465 e. The van der Waals surface area contributed by atoms with Crippen LogP contribution in [0.25, 0.3) is 10.9 Å². The summed E-state index contributed by atoms with van der Waals surface area (Å²) in [5, 5.41) is 1.48. The third kappa shape index (κ3) is 1.84. The Morgan fingerprint density at radius 3 is 2.81 bits per heavy atom. The monoisotopic (exact) mass is 255 g/mol. The highest BCUT2D eigenvalue weighted by atomic mass is 35.5. The first kappa shape index (κ1) is 11.2. The van der Waals surface area contributed by atoms with E-state index in [1.165, 1.54) is 13.3 Å². The summed E-state index contributed by atoms with van der Waals surface area (Å²) in [4.78, 5) is 15.5. The van der Waals surface area contributed by atoms with Crippen molar-refractivity contribution in [2.45, 2.75) is 0 Å². The Bertz CT molecular complexity index is 569. The normalized spacial score (nSPS) is 10.4. The molecule has 0 bridgehead atoms. The summed E-state index contributed by atoms with van der Waals surface area (Å²) in [5.74, 6) is -0.514. The van der Waals surface area contributed by atoms with Gasteiger partial charge in [-0.3, -0.25) is 4.98 Å². The molecule has 0 radical (unpaired) electrons. The van der Waals surface area contributed by atoms with Crippen molar-refractivity contribution in [1.82, 2.24) is 4.98 Å². The number of carbonyl (C=O) groups excluding carboxylic acids is 1. The van der Waals surface area contributed by atoms with E-state index in [-0.39, 0.29) is 5.56 Å². The zero-order valence-electron chi connectivity index (χ0n) is 8.33. The highest BCUT2D eigenvalue weighted by Crippen LogP contribution is 2.28. The van der Waals surface area contributed by atoms with Crippen LogP contribution in [0.2, 0.25) is 10.0 Å². The smallest absolute Gasteiger partial charge is 0.340 e. The molecule has 82 valence electrons. The Morgan fingerprint density at radius 2 is 2.12 bits per heavy atom. The summed E-state index contributed by atoms with van der Waals surface area (Å²) >= 11 is 11.9. The van der Waals surface area contributed by atoms with Crippen LogP contribution in [0, 0.1) is 0 Å². The second kappa shape index (κ2) is 4.28. The largest absolute Gasteiger partial charge is 0.465 e. The van der Waals surface area contributed by atoms with E-state index in [0.717, 1.165) is 0 Å². The molecule has 1 aromatic carbocycles. The van der Waals surface area contributed by atoms with Gasteiger partial charge in [0.25, 0.3) is 0 Å². The van der Waals surface area contributed by atoms with Crippen LogP contribution in [0.4, 0.5) is 0 Å². The number of halogens is 2. The van der Waals surface area contributed by atoms with Crippen molar-refractivity contribution in [2.75, 3.05) is 7.11 Å². The van der Waals surface area contributed by atoms with Crippen LogP contribution in [-0.2, 0) is 4.74 Å². The lowest BCUT2D eigenvalue weighted by molar-refractivity contribution is 0.0600. The number of aromatic nitrogens is 1. The fraction of sp³-hybridized carbons (Fsp3) is 0.0909. The number of methoxy groups -OCH3 is 1. The third-order valence-corrected chi connectivity index (χ3v) is 2.81. The van der Waals surface area contributed by atoms with Gasteiger partial charge in [0.05, 0.1) is 23.2 Å². The van der Waals surface area contributed by atoms with Crippen LogP contribution in [0.15, 0.2) is 24.4 Å². The quantitative estimate of drug-likeness (QED) is 0.734. The van der Waals surface area contributed by atoms with Crippen LogP contribution in [0.5, 0.6) is 0 Å². The summed E-state index contributed by atoms with van der Waals surface area (Å²) in [5.41, 5.74) is 0.918. The predicted molar refractivity (Wildman–Crippen MR) is 63.1 cm³/mol.